The molecule has 0 aromatic heterocycles. The van der Waals surface area contributed by atoms with Gasteiger partial charge in [-0.2, -0.15) is 0 Å². The molecule has 2 rings (SSSR count). The van der Waals surface area contributed by atoms with E-state index in [1.54, 1.807) is 0 Å². The summed E-state index contributed by atoms with van der Waals surface area (Å²) in [6, 6.07) is 0. The molecule has 2 aliphatic rings. The van der Waals surface area contributed by atoms with Crippen molar-refractivity contribution in [2.75, 3.05) is 13.2 Å². The van der Waals surface area contributed by atoms with Gasteiger partial charge in [0.2, 0.25) is 11.8 Å². The van der Waals surface area contributed by atoms with Crippen LogP contribution >= 0.6 is 0 Å². The summed E-state index contributed by atoms with van der Waals surface area (Å²) in [7, 11) is 0. The van der Waals surface area contributed by atoms with Gasteiger partial charge in [-0.15, -0.1) is 0 Å². The molecule has 0 radical (unpaired) electrons. The fraction of sp³-hybridized carbons (Fsp3) is 0.875. The highest BCUT2D eigenvalue weighted by atomic mass is 16.3. The van der Waals surface area contributed by atoms with Gasteiger partial charge < -0.3 is 15.7 Å². The van der Waals surface area contributed by atoms with Crippen molar-refractivity contribution in [3.63, 3.8) is 0 Å². The van der Waals surface area contributed by atoms with Crippen molar-refractivity contribution in [3.05, 3.63) is 0 Å². The van der Waals surface area contributed by atoms with Crippen molar-refractivity contribution in [1.29, 1.82) is 0 Å². The van der Waals surface area contributed by atoms with Crippen molar-refractivity contribution in [2.45, 2.75) is 63.8 Å². The smallest absolute Gasteiger partial charge is 0.223 e. The first-order chi connectivity index (χ1) is 10.0. The normalized spacial score (nSPS) is 22.4. The average molecular weight is 296 g/mol. The number of hydrogen-bond donors (Lipinski definition) is 3. The lowest BCUT2D eigenvalue weighted by Gasteiger charge is -2.29. The molecular formula is C16H28N2O3. The van der Waals surface area contributed by atoms with E-state index < -0.39 is 5.54 Å². The molecule has 5 nitrogen and oxygen atoms in total. The predicted molar refractivity (Wildman–Crippen MR) is 80.6 cm³/mol. The first kappa shape index (κ1) is 16.3. The van der Waals surface area contributed by atoms with E-state index in [2.05, 4.69) is 10.6 Å². The molecule has 0 bridgehead atoms. The minimum absolute atomic E-state index is 0.0299. The van der Waals surface area contributed by atoms with Crippen molar-refractivity contribution in [3.8, 4) is 0 Å². The molecule has 1 unspecified atom stereocenters. The summed E-state index contributed by atoms with van der Waals surface area (Å²) in [5, 5.41) is 15.2. The maximum Gasteiger partial charge on any atom is 0.223 e. The van der Waals surface area contributed by atoms with E-state index in [1.807, 2.05) is 6.92 Å². The molecule has 21 heavy (non-hydrogen) atoms. The Morgan fingerprint density at radius 1 is 1.14 bits per heavy atom. The Balaban J connectivity index is 1.65. The van der Waals surface area contributed by atoms with Crippen LogP contribution in [0, 0.1) is 11.8 Å². The van der Waals surface area contributed by atoms with Gasteiger partial charge in [0.15, 0.2) is 0 Å². The molecule has 0 saturated heterocycles. The summed E-state index contributed by atoms with van der Waals surface area (Å²) in [4.78, 5) is 23.9. The number of carbonyl (C=O) groups excluding carboxylic acids is 2. The molecule has 0 aliphatic heterocycles. The van der Waals surface area contributed by atoms with E-state index >= 15 is 0 Å². The van der Waals surface area contributed by atoms with Gasteiger partial charge in [-0.1, -0.05) is 19.3 Å². The molecule has 120 valence electrons. The lowest BCUT2D eigenvalue weighted by Crippen LogP contribution is -2.51. The molecule has 2 amide bonds. The zero-order chi connectivity index (χ0) is 15.3. The van der Waals surface area contributed by atoms with E-state index in [1.165, 1.54) is 6.42 Å². The van der Waals surface area contributed by atoms with Crippen LogP contribution in [0.4, 0.5) is 0 Å². The quantitative estimate of drug-likeness (QED) is 0.663. The van der Waals surface area contributed by atoms with E-state index in [-0.39, 0.29) is 30.8 Å². The Labute approximate surface area is 126 Å². The van der Waals surface area contributed by atoms with Gasteiger partial charge in [0.1, 0.15) is 0 Å². The third-order valence-electron chi connectivity index (χ3n) is 4.86. The molecule has 0 aromatic rings. The molecule has 2 fully saturated rings. The first-order valence-corrected chi connectivity index (χ1v) is 8.25. The van der Waals surface area contributed by atoms with Gasteiger partial charge in [0, 0.05) is 18.9 Å². The van der Waals surface area contributed by atoms with Crippen LogP contribution in [0.5, 0.6) is 0 Å². The second kappa shape index (κ2) is 7.25. The van der Waals surface area contributed by atoms with Gasteiger partial charge in [-0.05, 0) is 38.5 Å². The summed E-state index contributed by atoms with van der Waals surface area (Å²) in [6.45, 7) is 2.24. The third-order valence-corrected chi connectivity index (χ3v) is 4.86. The first-order valence-electron chi connectivity index (χ1n) is 8.25. The number of carbonyl (C=O) groups is 2. The largest absolute Gasteiger partial charge is 0.394 e. The van der Waals surface area contributed by atoms with Gasteiger partial charge >= 0.3 is 0 Å². The van der Waals surface area contributed by atoms with Crippen LogP contribution in [0.1, 0.15) is 58.3 Å². The summed E-state index contributed by atoms with van der Waals surface area (Å²) in [5.41, 5.74) is -0.496. The van der Waals surface area contributed by atoms with Crippen molar-refractivity contribution in [2.24, 2.45) is 11.8 Å². The standard InChI is InChI=1S/C16H28N2O3/c1-16(11-19,13-7-8-13)18-14(20)9-10-17-15(21)12-5-3-2-4-6-12/h12-13,19H,2-11H2,1H3,(H,17,21)(H,18,20). The summed E-state index contributed by atoms with van der Waals surface area (Å²) in [6.07, 6.45) is 7.85. The molecule has 0 spiro atoms. The number of aliphatic hydroxyl groups is 1. The van der Waals surface area contributed by atoms with Crippen LogP contribution in [-0.4, -0.2) is 35.6 Å². The van der Waals surface area contributed by atoms with Crippen LogP contribution < -0.4 is 10.6 Å². The molecule has 0 heterocycles. The van der Waals surface area contributed by atoms with E-state index in [0.29, 0.717) is 12.5 Å². The molecule has 3 N–H and O–H groups in total. The highest BCUT2D eigenvalue weighted by Crippen LogP contribution is 2.39. The predicted octanol–water partition coefficient (Wildman–Crippen LogP) is 1.35. The minimum Gasteiger partial charge on any atom is -0.394 e. The van der Waals surface area contributed by atoms with Crippen molar-refractivity contribution in [1.82, 2.24) is 10.6 Å². The highest BCUT2D eigenvalue weighted by molar-refractivity contribution is 5.80. The number of rotatable bonds is 7. The number of amides is 2. The summed E-state index contributed by atoms with van der Waals surface area (Å²) in [5.74, 6) is 0.524. The fourth-order valence-electron chi connectivity index (χ4n) is 3.18. The molecule has 1 atom stereocenters. The molecule has 0 aromatic carbocycles. The molecule has 5 heteroatoms. The highest BCUT2D eigenvalue weighted by Gasteiger charge is 2.41. The lowest BCUT2D eigenvalue weighted by atomic mass is 9.89. The van der Waals surface area contributed by atoms with E-state index in [9.17, 15) is 14.7 Å². The Morgan fingerprint density at radius 3 is 2.38 bits per heavy atom. The van der Waals surface area contributed by atoms with Gasteiger partial charge in [-0.25, -0.2) is 0 Å². The zero-order valence-corrected chi connectivity index (χ0v) is 13.0. The Hall–Kier alpha value is -1.10. The fourth-order valence-corrected chi connectivity index (χ4v) is 3.18. The molecular weight excluding hydrogens is 268 g/mol. The van der Waals surface area contributed by atoms with Crippen LogP contribution in [0.15, 0.2) is 0 Å². The lowest BCUT2D eigenvalue weighted by molar-refractivity contribution is -0.126. The number of aliphatic hydroxyl groups excluding tert-OH is 1. The van der Waals surface area contributed by atoms with Gasteiger partial charge in [-0.3, -0.25) is 9.59 Å². The van der Waals surface area contributed by atoms with Crippen molar-refractivity contribution < 1.29 is 14.7 Å². The Bertz CT molecular complexity index is 376. The average Bonchev–Trinajstić information content (AvgIpc) is 3.33. The summed E-state index contributed by atoms with van der Waals surface area (Å²) >= 11 is 0. The second-order valence-corrected chi connectivity index (χ2v) is 6.77. The monoisotopic (exact) mass is 296 g/mol. The van der Waals surface area contributed by atoms with Crippen molar-refractivity contribution >= 4 is 11.8 Å². The van der Waals surface area contributed by atoms with Gasteiger partial charge in [0.25, 0.3) is 0 Å². The van der Waals surface area contributed by atoms with Gasteiger partial charge in [0.05, 0.1) is 12.1 Å². The Morgan fingerprint density at radius 2 is 1.81 bits per heavy atom. The van der Waals surface area contributed by atoms with E-state index in [4.69, 9.17) is 0 Å². The van der Waals surface area contributed by atoms with E-state index in [0.717, 1.165) is 38.5 Å². The van der Waals surface area contributed by atoms with Crippen LogP contribution in [0.2, 0.25) is 0 Å². The number of hydrogen-bond acceptors (Lipinski definition) is 3. The third kappa shape index (κ3) is 4.70. The maximum atomic E-state index is 12.0. The minimum atomic E-state index is -0.496. The van der Waals surface area contributed by atoms with Crippen LogP contribution in [0.25, 0.3) is 0 Å². The second-order valence-electron chi connectivity index (χ2n) is 6.77. The summed E-state index contributed by atoms with van der Waals surface area (Å²) < 4.78 is 0. The molecule has 2 aliphatic carbocycles. The van der Waals surface area contributed by atoms with Crippen LogP contribution in [-0.2, 0) is 9.59 Å². The Kier molecular flexibility index (Phi) is 5.62. The number of nitrogens with one attached hydrogen (secondary N) is 2. The topological polar surface area (TPSA) is 78.4 Å². The SMILES string of the molecule is CC(CO)(NC(=O)CCNC(=O)C1CCCCC1)C1CC1. The van der Waals surface area contributed by atoms with Crippen LogP contribution in [0.3, 0.4) is 0 Å². The molecule has 2 saturated carbocycles. The zero-order valence-electron chi connectivity index (χ0n) is 13.0. The maximum absolute atomic E-state index is 12.0.